The van der Waals surface area contributed by atoms with Crippen molar-refractivity contribution in [1.82, 2.24) is 14.8 Å². The molecule has 3 nitrogen and oxygen atoms in total. The van der Waals surface area contributed by atoms with Gasteiger partial charge in [0.15, 0.2) is 0 Å². The van der Waals surface area contributed by atoms with Crippen molar-refractivity contribution in [3.8, 4) is 0 Å². The topological polar surface area (TPSA) is 40.7 Å². The lowest BCUT2D eigenvalue weighted by Crippen LogP contribution is -1.98. The van der Waals surface area contributed by atoms with Crippen molar-refractivity contribution in [2.24, 2.45) is 0 Å². The molecule has 2 aromatic heterocycles. The summed E-state index contributed by atoms with van der Waals surface area (Å²) in [6.07, 6.45) is 3.47. The Hall–Kier alpha value is -0.770. The van der Waals surface area contributed by atoms with Crippen LogP contribution < -0.4 is 4.84 Å². The van der Waals surface area contributed by atoms with Crippen LogP contribution in [0, 0.1) is 0 Å². The van der Waals surface area contributed by atoms with Gasteiger partial charge in [0, 0.05) is 24.3 Å². The number of nitrogens with zero attached hydrogens (tertiary/aromatic N) is 1. The van der Waals surface area contributed by atoms with E-state index in [1.165, 1.54) is 0 Å². The average Bonchev–Trinajstić information content (AvgIpc) is 2.49. The van der Waals surface area contributed by atoms with Gasteiger partial charge >= 0.3 is 0 Å². The molecule has 0 aliphatic rings. The molecule has 2 aromatic rings. The van der Waals surface area contributed by atoms with Gasteiger partial charge in [-0.25, -0.2) is 9.82 Å². The van der Waals surface area contributed by atoms with Gasteiger partial charge in [-0.2, -0.15) is 0 Å². The van der Waals surface area contributed by atoms with Crippen molar-refractivity contribution >= 4 is 34.4 Å². The summed E-state index contributed by atoms with van der Waals surface area (Å²) in [6, 6.07) is 1.95. The minimum absolute atomic E-state index is 0.575. The van der Waals surface area contributed by atoms with Crippen molar-refractivity contribution in [3.63, 3.8) is 0 Å². The third-order valence-electron chi connectivity index (χ3n) is 1.81. The summed E-state index contributed by atoms with van der Waals surface area (Å²) in [7, 11) is 0. The van der Waals surface area contributed by atoms with Crippen LogP contribution in [-0.4, -0.2) is 9.97 Å². The highest BCUT2D eigenvalue weighted by molar-refractivity contribution is 6.35. The van der Waals surface area contributed by atoms with Crippen molar-refractivity contribution in [3.05, 3.63) is 29.0 Å². The van der Waals surface area contributed by atoms with Crippen LogP contribution in [0.1, 0.15) is 5.56 Å². The maximum atomic E-state index is 5.92. The summed E-state index contributed by atoms with van der Waals surface area (Å²) >= 11 is 11.3. The molecule has 0 bridgehead atoms. The lowest BCUT2D eigenvalue weighted by Gasteiger charge is -1.97. The molecular weight excluding hydrogens is 209 g/mol. The summed E-state index contributed by atoms with van der Waals surface area (Å²) in [5.74, 6) is 0. The quantitative estimate of drug-likeness (QED) is 0.757. The first kappa shape index (κ1) is 8.81. The van der Waals surface area contributed by atoms with Crippen LogP contribution in [0.2, 0.25) is 5.02 Å². The first-order chi connectivity index (χ1) is 6.31. The largest absolute Gasteiger partial charge is 0.345 e. The zero-order chi connectivity index (χ0) is 9.26. The van der Waals surface area contributed by atoms with Crippen LogP contribution >= 0.6 is 23.4 Å². The molecule has 2 N–H and O–H groups in total. The number of aromatic nitrogens is 2. The third-order valence-corrected chi connectivity index (χ3v) is 2.25. The molecule has 0 saturated carbocycles. The van der Waals surface area contributed by atoms with Gasteiger partial charge in [0.25, 0.3) is 0 Å². The summed E-state index contributed by atoms with van der Waals surface area (Å²) < 4.78 is 0. The van der Waals surface area contributed by atoms with Crippen molar-refractivity contribution in [1.29, 1.82) is 0 Å². The monoisotopic (exact) mass is 215 g/mol. The second-order valence-electron chi connectivity index (χ2n) is 2.69. The smallest absolute Gasteiger partial charge is 0.138 e. The van der Waals surface area contributed by atoms with E-state index in [0.29, 0.717) is 11.6 Å². The molecule has 2 heterocycles. The van der Waals surface area contributed by atoms with Gasteiger partial charge in [0.2, 0.25) is 0 Å². The van der Waals surface area contributed by atoms with Gasteiger partial charge in [-0.05, 0) is 23.4 Å². The number of H-pyrrole nitrogens is 1. The van der Waals surface area contributed by atoms with Crippen molar-refractivity contribution < 1.29 is 0 Å². The maximum absolute atomic E-state index is 5.92. The zero-order valence-electron chi connectivity index (χ0n) is 6.64. The molecule has 0 aliphatic heterocycles. The van der Waals surface area contributed by atoms with E-state index in [0.717, 1.165) is 16.6 Å². The molecular formula is C8H7Cl2N3. The van der Waals surface area contributed by atoms with Crippen LogP contribution in [0.3, 0.4) is 0 Å². The fourth-order valence-corrected chi connectivity index (χ4v) is 1.54. The number of hydrogen-bond acceptors (Lipinski definition) is 2. The number of aromatic amines is 1. The van der Waals surface area contributed by atoms with E-state index < -0.39 is 0 Å². The molecule has 0 aromatic carbocycles. The third kappa shape index (κ3) is 1.63. The molecule has 0 spiro atoms. The van der Waals surface area contributed by atoms with Gasteiger partial charge in [-0.3, -0.25) is 0 Å². The summed E-state index contributed by atoms with van der Waals surface area (Å²) in [4.78, 5) is 9.68. The predicted molar refractivity (Wildman–Crippen MR) is 53.8 cm³/mol. The summed E-state index contributed by atoms with van der Waals surface area (Å²) in [5.41, 5.74) is 1.80. The number of halogens is 2. The Kier molecular flexibility index (Phi) is 2.40. The minimum Gasteiger partial charge on any atom is -0.345 e. The Morgan fingerprint density at radius 2 is 2.38 bits per heavy atom. The van der Waals surface area contributed by atoms with E-state index in [1.54, 1.807) is 12.4 Å². The molecule has 68 valence electrons. The Morgan fingerprint density at radius 1 is 1.54 bits per heavy atom. The highest BCUT2D eigenvalue weighted by Gasteiger charge is 2.02. The SMILES string of the molecule is ClNCc1cnc2[nH]cc(Cl)c2c1. The minimum atomic E-state index is 0.575. The van der Waals surface area contributed by atoms with Gasteiger partial charge in [0.05, 0.1) is 5.02 Å². The summed E-state index contributed by atoms with van der Waals surface area (Å²) in [6.45, 7) is 0.575. The second kappa shape index (κ2) is 3.54. The Bertz CT molecular complexity index is 424. The second-order valence-corrected chi connectivity index (χ2v) is 3.36. The Morgan fingerprint density at radius 3 is 3.15 bits per heavy atom. The average molecular weight is 216 g/mol. The van der Waals surface area contributed by atoms with E-state index in [1.807, 2.05) is 6.07 Å². The van der Waals surface area contributed by atoms with E-state index in [-0.39, 0.29) is 0 Å². The number of hydrogen-bond donors (Lipinski definition) is 2. The van der Waals surface area contributed by atoms with Crippen LogP contribution in [0.5, 0.6) is 0 Å². The molecule has 13 heavy (non-hydrogen) atoms. The first-order valence-corrected chi connectivity index (χ1v) is 4.52. The Labute approximate surface area is 85.2 Å². The van der Waals surface area contributed by atoms with Crippen LogP contribution in [0.4, 0.5) is 0 Å². The zero-order valence-corrected chi connectivity index (χ0v) is 8.15. The van der Waals surface area contributed by atoms with E-state index in [9.17, 15) is 0 Å². The highest BCUT2D eigenvalue weighted by atomic mass is 35.5. The van der Waals surface area contributed by atoms with Gasteiger partial charge < -0.3 is 4.98 Å². The van der Waals surface area contributed by atoms with Gasteiger partial charge in [-0.1, -0.05) is 11.6 Å². The molecule has 5 heteroatoms. The number of nitrogens with one attached hydrogen (secondary N) is 2. The van der Waals surface area contributed by atoms with E-state index in [4.69, 9.17) is 23.4 Å². The predicted octanol–water partition coefficient (Wildman–Crippen LogP) is 2.46. The standard InChI is InChI=1S/C8H7Cl2N3/c9-7-4-12-8-6(7)1-5(2-11-8)3-13-10/h1-2,4,13H,3H2,(H,11,12). The molecule has 0 aliphatic carbocycles. The fraction of sp³-hybridized carbons (Fsp3) is 0.125. The van der Waals surface area contributed by atoms with Crippen LogP contribution in [0.15, 0.2) is 18.5 Å². The van der Waals surface area contributed by atoms with E-state index >= 15 is 0 Å². The molecule has 2 rings (SSSR count). The molecule has 0 fully saturated rings. The summed E-state index contributed by atoms with van der Waals surface area (Å²) in [5, 5.41) is 1.60. The normalized spacial score (nSPS) is 10.9. The number of pyridine rings is 1. The van der Waals surface area contributed by atoms with Gasteiger partial charge in [0.1, 0.15) is 5.65 Å². The number of rotatable bonds is 2. The molecule has 0 atom stereocenters. The van der Waals surface area contributed by atoms with Crippen LogP contribution in [-0.2, 0) is 6.54 Å². The number of fused-ring (bicyclic) bond motifs is 1. The van der Waals surface area contributed by atoms with Crippen molar-refractivity contribution in [2.75, 3.05) is 0 Å². The van der Waals surface area contributed by atoms with Crippen LogP contribution in [0.25, 0.3) is 11.0 Å². The molecule has 0 unspecified atom stereocenters. The van der Waals surface area contributed by atoms with Gasteiger partial charge in [-0.15, -0.1) is 0 Å². The van der Waals surface area contributed by atoms with E-state index in [2.05, 4.69) is 14.8 Å². The van der Waals surface area contributed by atoms with Crippen molar-refractivity contribution in [2.45, 2.75) is 6.54 Å². The fourth-order valence-electron chi connectivity index (χ4n) is 1.19. The molecule has 0 amide bonds. The Balaban J connectivity index is 2.53. The lowest BCUT2D eigenvalue weighted by molar-refractivity contribution is 0.957. The highest BCUT2D eigenvalue weighted by Crippen LogP contribution is 2.21. The molecule has 0 saturated heterocycles. The maximum Gasteiger partial charge on any atom is 0.138 e. The first-order valence-electron chi connectivity index (χ1n) is 3.76. The lowest BCUT2D eigenvalue weighted by atomic mass is 10.2. The molecule has 0 radical (unpaired) electrons.